The summed E-state index contributed by atoms with van der Waals surface area (Å²) in [4.78, 5) is 17.6. The van der Waals surface area contributed by atoms with Crippen molar-refractivity contribution in [2.45, 2.75) is 13.8 Å². The predicted molar refractivity (Wildman–Crippen MR) is 85.9 cm³/mol. The maximum absolute atomic E-state index is 12.8. The first kappa shape index (κ1) is 12.1. The number of benzene rings is 2. The number of aryl methyl sites for hydroxylation is 2. The fourth-order valence-electron chi connectivity index (χ4n) is 2.99. The second-order valence-corrected chi connectivity index (χ2v) is 5.35. The third kappa shape index (κ3) is 1.54. The quantitative estimate of drug-likeness (QED) is 0.362. The van der Waals surface area contributed by atoms with E-state index >= 15 is 0 Å². The molecule has 21 heavy (non-hydrogen) atoms. The Morgan fingerprint density at radius 2 is 1.48 bits per heavy atom. The van der Waals surface area contributed by atoms with Crippen LogP contribution in [0.5, 0.6) is 0 Å². The third-order valence-corrected chi connectivity index (χ3v) is 4.23. The molecule has 3 heteroatoms. The summed E-state index contributed by atoms with van der Waals surface area (Å²) in [5.41, 5.74) is 3.56. The molecule has 0 fully saturated rings. The average Bonchev–Trinajstić information content (AvgIpc) is 2.52. The zero-order valence-electron chi connectivity index (χ0n) is 11.9. The predicted octanol–water partition coefficient (Wildman–Crippen LogP) is 3.62. The maximum Gasteiger partial charge on any atom is 0.265 e. The molecule has 3 nitrogen and oxygen atoms in total. The van der Waals surface area contributed by atoms with Crippen LogP contribution in [0, 0.1) is 13.8 Å². The standard InChI is InChI=1S/C18H14N2O/c1-11-12(2)20-17(14-8-4-3-7-13(11)14)19-16-10-6-5-9-15(16)18(20)21/h3-10H,1-2H3. The van der Waals surface area contributed by atoms with E-state index in [1.807, 2.05) is 49.4 Å². The minimum Gasteiger partial charge on any atom is -0.268 e. The van der Waals surface area contributed by atoms with E-state index < -0.39 is 0 Å². The number of hydrogen-bond acceptors (Lipinski definition) is 2. The van der Waals surface area contributed by atoms with E-state index in [9.17, 15) is 4.79 Å². The average molecular weight is 274 g/mol. The lowest BCUT2D eigenvalue weighted by atomic mass is 10.0. The topological polar surface area (TPSA) is 34.4 Å². The van der Waals surface area contributed by atoms with Gasteiger partial charge in [-0.05, 0) is 36.9 Å². The van der Waals surface area contributed by atoms with Gasteiger partial charge < -0.3 is 0 Å². The number of nitrogens with zero attached hydrogens (tertiary/aromatic N) is 2. The van der Waals surface area contributed by atoms with Crippen molar-refractivity contribution in [3.05, 3.63) is 70.1 Å². The molecule has 4 rings (SSSR count). The van der Waals surface area contributed by atoms with Gasteiger partial charge in [-0.3, -0.25) is 9.20 Å². The first-order valence-electron chi connectivity index (χ1n) is 6.98. The highest BCUT2D eigenvalue weighted by Crippen LogP contribution is 2.25. The van der Waals surface area contributed by atoms with Crippen LogP contribution in [0.15, 0.2) is 53.3 Å². The van der Waals surface area contributed by atoms with Gasteiger partial charge in [-0.15, -0.1) is 0 Å². The molecule has 0 saturated carbocycles. The summed E-state index contributed by atoms with van der Waals surface area (Å²) in [5.74, 6) is 0. The Hall–Kier alpha value is -2.68. The van der Waals surface area contributed by atoms with Gasteiger partial charge in [-0.2, -0.15) is 0 Å². The van der Waals surface area contributed by atoms with E-state index in [0.29, 0.717) is 5.39 Å². The van der Waals surface area contributed by atoms with Gasteiger partial charge in [-0.1, -0.05) is 36.4 Å². The monoisotopic (exact) mass is 274 g/mol. The van der Waals surface area contributed by atoms with Crippen LogP contribution in [0.1, 0.15) is 11.3 Å². The third-order valence-electron chi connectivity index (χ3n) is 4.23. The molecule has 0 spiro atoms. The number of aromatic nitrogens is 2. The van der Waals surface area contributed by atoms with Gasteiger partial charge in [0.15, 0.2) is 0 Å². The van der Waals surface area contributed by atoms with Crippen LogP contribution >= 0.6 is 0 Å². The molecule has 0 atom stereocenters. The number of rotatable bonds is 0. The van der Waals surface area contributed by atoms with E-state index in [4.69, 9.17) is 4.98 Å². The minimum absolute atomic E-state index is 0.00181. The normalized spacial score (nSPS) is 11.5. The molecular weight excluding hydrogens is 260 g/mol. The summed E-state index contributed by atoms with van der Waals surface area (Å²) in [6.07, 6.45) is 0. The van der Waals surface area contributed by atoms with Gasteiger partial charge in [0.1, 0.15) is 5.65 Å². The lowest BCUT2D eigenvalue weighted by Crippen LogP contribution is -2.18. The number of fused-ring (bicyclic) bond motifs is 4. The Morgan fingerprint density at radius 1 is 0.857 bits per heavy atom. The van der Waals surface area contributed by atoms with E-state index in [-0.39, 0.29) is 5.56 Å². The SMILES string of the molecule is Cc1c(C)n2c(=O)c3ccccc3nc2c2ccccc12. The molecule has 2 heterocycles. The molecule has 0 unspecified atom stereocenters. The van der Waals surface area contributed by atoms with Crippen molar-refractivity contribution in [1.29, 1.82) is 0 Å². The van der Waals surface area contributed by atoms with Crippen molar-refractivity contribution in [2.24, 2.45) is 0 Å². The smallest absolute Gasteiger partial charge is 0.265 e. The van der Waals surface area contributed by atoms with Gasteiger partial charge in [0.05, 0.1) is 10.9 Å². The molecule has 0 saturated heterocycles. The molecule has 0 N–H and O–H groups in total. The van der Waals surface area contributed by atoms with Crippen molar-refractivity contribution >= 4 is 27.3 Å². The summed E-state index contributed by atoms with van der Waals surface area (Å²) in [7, 11) is 0. The van der Waals surface area contributed by atoms with Gasteiger partial charge in [0, 0.05) is 11.1 Å². The molecule has 102 valence electrons. The zero-order valence-corrected chi connectivity index (χ0v) is 11.9. The highest BCUT2D eigenvalue weighted by Gasteiger charge is 2.12. The van der Waals surface area contributed by atoms with E-state index in [2.05, 4.69) is 13.0 Å². The van der Waals surface area contributed by atoms with Crippen LogP contribution in [0.3, 0.4) is 0 Å². The molecule has 0 aliphatic rings. The number of hydrogen-bond donors (Lipinski definition) is 0. The molecule has 0 amide bonds. The van der Waals surface area contributed by atoms with Crippen LogP contribution < -0.4 is 5.56 Å². The second-order valence-electron chi connectivity index (χ2n) is 5.35. The maximum atomic E-state index is 12.8. The first-order valence-corrected chi connectivity index (χ1v) is 6.98. The summed E-state index contributed by atoms with van der Waals surface area (Å²) in [6.45, 7) is 4.03. The van der Waals surface area contributed by atoms with Crippen LogP contribution in [-0.2, 0) is 0 Å². The Kier molecular flexibility index (Phi) is 2.39. The van der Waals surface area contributed by atoms with Crippen molar-refractivity contribution in [2.75, 3.05) is 0 Å². The van der Waals surface area contributed by atoms with Gasteiger partial charge in [0.2, 0.25) is 0 Å². The van der Waals surface area contributed by atoms with Crippen LogP contribution in [0.4, 0.5) is 0 Å². The number of pyridine rings is 1. The summed E-state index contributed by atoms with van der Waals surface area (Å²) in [5, 5.41) is 2.83. The van der Waals surface area contributed by atoms with Crippen LogP contribution in [0.2, 0.25) is 0 Å². The van der Waals surface area contributed by atoms with Crippen LogP contribution in [-0.4, -0.2) is 9.38 Å². The van der Waals surface area contributed by atoms with Crippen molar-refractivity contribution in [3.8, 4) is 0 Å². The second kappa shape index (κ2) is 4.16. The van der Waals surface area contributed by atoms with Crippen molar-refractivity contribution in [3.63, 3.8) is 0 Å². The Morgan fingerprint density at radius 3 is 2.24 bits per heavy atom. The highest BCUT2D eigenvalue weighted by molar-refractivity contribution is 5.98. The van der Waals surface area contributed by atoms with E-state index in [1.165, 1.54) is 0 Å². The summed E-state index contributed by atoms with van der Waals surface area (Å²) < 4.78 is 1.74. The van der Waals surface area contributed by atoms with Gasteiger partial charge >= 0.3 is 0 Å². The number of para-hydroxylation sites is 1. The molecule has 2 aromatic heterocycles. The van der Waals surface area contributed by atoms with Crippen molar-refractivity contribution < 1.29 is 0 Å². The molecule has 0 aliphatic carbocycles. The van der Waals surface area contributed by atoms with E-state index in [1.54, 1.807) is 4.40 Å². The van der Waals surface area contributed by atoms with Gasteiger partial charge in [-0.25, -0.2) is 4.98 Å². The first-order chi connectivity index (χ1) is 10.2. The molecule has 0 bridgehead atoms. The zero-order chi connectivity index (χ0) is 14.6. The fraction of sp³-hybridized carbons (Fsp3) is 0.111. The summed E-state index contributed by atoms with van der Waals surface area (Å²) >= 11 is 0. The Labute approximate surface area is 121 Å². The minimum atomic E-state index is 0.00181. The highest BCUT2D eigenvalue weighted by atomic mass is 16.1. The lowest BCUT2D eigenvalue weighted by molar-refractivity contribution is 1.01. The lowest BCUT2D eigenvalue weighted by Gasteiger charge is -2.13. The molecular formula is C18H14N2O. The molecule has 0 radical (unpaired) electrons. The largest absolute Gasteiger partial charge is 0.268 e. The molecule has 0 aliphatic heterocycles. The fourth-order valence-corrected chi connectivity index (χ4v) is 2.99. The molecule has 4 aromatic rings. The van der Waals surface area contributed by atoms with E-state index in [0.717, 1.165) is 33.2 Å². The molecule has 2 aromatic carbocycles. The van der Waals surface area contributed by atoms with Crippen molar-refractivity contribution in [1.82, 2.24) is 9.38 Å². The summed E-state index contributed by atoms with van der Waals surface area (Å²) in [6, 6.07) is 15.6. The van der Waals surface area contributed by atoms with Gasteiger partial charge in [0.25, 0.3) is 5.56 Å². The van der Waals surface area contributed by atoms with Crippen LogP contribution in [0.25, 0.3) is 27.3 Å². The Balaban J connectivity index is 2.42. The Bertz CT molecular complexity index is 1080.